The molecular formula is C26H25FN6O. The van der Waals surface area contributed by atoms with Gasteiger partial charge in [0.25, 0.3) is 5.91 Å². The molecule has 8 heteroatoms. The zero-order valence-corrected chi connectivity index (χ0v) is 19.2. The average molecular weight is 457 g/mol. The number of imidazole rings is 1. The van der Waals surface area contributed by atoms with Crippen LogP contribution in [0.1, 0.15) is 48.3 Å². The van der Waals surface area contributed by atoms with Gasteiger partial charge in [0.1, 0.15) is 17.3 Å². The van der Waals surface area contributed by atoms with E-state index in [1.165, 1.54) is 18.6 Å². The molecule has 1 aliphatic carbocycles. The van der Waals surface area contributed by atoms with Crippen LogP contribution in [0.3, 0.4) is 0 Å². The Morgan fingerprint density at radius 2 is 1.97 bits per heavy atom. The molecule has 172 valence electrons. The molecule has 0 saturated heterocycles. The van der Waals surface area contributed by atoms with E-state index in [0.29, 0.717) is 22.8 Å². The molecule has 5 rings (SSSR count). The lowest BCUT2D eigenvalue weighted by Crippen LogP contribution is -2.36. The number of benzene rings is 2. The third kappa shape index (κ3) is 3.94. The van der Waals surface area contributed by atoms with Crippen molar-refractivity contribution in [2.24, 2.45) is 7.05 Å². The number of halogens is 1. The second-order valence-electron chi connectivity index (χ2n) is 8.84. The summed E-state index contributed by atoms with van der Waals surface area (Å²) in [5.74, 6) is -0.384. The van der Waals surface area contributed by atoms with Gasteiger partial charge in [-0.2, -0.15) is 5.10 Å². The molecule has 1 fully saturated rings. The molecule has 0 spiro atoms. The van der Waals surface area contributed by atoms with Crippen LogP contribution >= 0.6 is 0 Å². The van der Waals surface area contributed by atoms with E-state index in [2.05, 4.69) is 20.2 Å². The van der Waals surface area contributed by atoms with E-state index in [9.17, 15) is 9.18 Å². The summed E-state index contributed by atoms with van der Waals surface area (Å²) in [5, 5.41) is 8.52. The predicted octanol–water partition coefficient (Wildman–Crippen LogP) is 5.49. The third-order valence-corrected chi connectivity index (χ3v) is 6.45. The van der Waals surface area contributed by atoms with Crippen molar-refractivity contribution in [2.45, 2.75) is 45.1 Å². The molecule has 0 bridgehead atoms. The Morgan fingerprint density at radius 1 is 1.18 bits per heavy atom. The van der Waals surface area contributed by atoms with Gasteiger partial charge < -0.3 is 5.32 Å². The van der Waals surface area contributed by atoms with E-state index < -0.39 is 5.82 Å². The number of nitrogens with zero attached hydrogens (tertiary/aromatic N) is 5. The van der Waals surface area contributed by atoms with Gasteiger partial charge in [-0.1, -0.05) is 31.4 Å². The van der Waals surface area contributed by atoms with Crippen molar-refractivity contribution in [3.8, 4) is 17.1 Å². The van der Waals surface area contributed by atoms with Crippen LogP contribution in [-0.2, 0) is 7.05 Å². The summed E-state index contributed by atoms with van der Waals surface area (Å²) in [4.78, 5) is 21.1. The predicted molar refractivity (Wildman–Crippen MR) is 129 cm³/mol. The van der Waals surface area contributed by atoms with Gasteiger partial charge >= 0.3 is 0 Å². The zero-order valence-electron chi connectivity index (χ0n) is 19.2. The first-order valence-electron chi connectivity index (χ1n) is 11.5. The van der Waals surface area contributed by atoms with Crippen LogP contribution < -0.4 is 5.32 Å². The molecule has 0 radical (unpaired) electrons. The molecule has 2 aromatic carbocycles. The Bertz CT molecular complexity index is 1440. The van der Waals surface area contributed by atoms with Crippen LogP contribution in [-0.4, -0.2) is 31.3 Å². The van der Waals surface area contributed by atoms with Crippen molar-refractivity contribution in [3.05, 3.63) is 71.2 Å². The van der Waals surface area contributed by atoms with Crippen LogP contribution in [0.4, 0.5) is 10.1 Å². The summed E-state index contributed by atoms with van der Waals surface area (Å²) in [6, 6.07) is 10.4. The minimum absolute atomic E-state index is 0.0503. The van der Waals surface area contributed by atoms with Gasteiger partial charge in [0.05, 0.1) is 17.8 Å². The molecule has 2 aromatic heterocycles. The van der Waals surface area contributed by atoms with Crippen molar-refractivity contribution in [3.63, 3.8) is 0 Å². The number of carbonyl (C=O) groups is 1. The fraction of sp³-hybridized carbons (Fsp3) is 0.308. The summed E-state index contributed by atoms with van der Waals surface area (Å²) < 4.78 is 18.1. The fourth-order valence-corrected chi connectivity index (χ4v) is 4.74. The highest BCUT2D eigenvalue weighted by Gasteiger charge is 2.25. The van der Waals surface area contributed by atoms with Crippen molar-refractivity contribution in [1.82, 2.24) is 24.6 Å². The van der Waals surface area contributed by atoms with Gasteiger partial charge in [-0.15, -0.1) is 0 Å². The van der Waals surface area contributed by atoms with E-state index >= 15 is 0 Å². The molecule has 1 N–H and O–H groups in total. The van der Waals surface area contributed by atoms with Crippen LogP contribution in [0.2, 0.25) is 0 Å². The number of hydrogen-bond acceptors (Lipinski definition) is 3. The van der Waals surface area contributed by atoms with Gasteiger partial charge in [-0.3, -0.25) is 14.0 Å². The Hall–Kier alpha value is -3.99. The zero-order chi connectivity index (χ0) is 23.8. The van der Waals surface area contributed by atoms with E-state index in [1.54, 1.807) is 10.7 Å². The van der Waals surface area contributed by atoms with E-state index in [-0.39, 0.29) is 17.6 Å². The summed E-state index contributed by atoms with van der Waals surface area (Å²) in [6.07, 6.45) is 7.29. The lowest BCUT2D eigenvalue weighted by molar-refractivity contribution is 0.0922. The minimum atomic E-state index is -0.615. The van der Waals surface area contributed by atoms with Crippen molar-refractivity contribution < 1.29 is 9.18 Å². The SMILES string of the molecule is [C-]#[N+]c1ccc(-c2nc(C(=O)NC3CCCCC3)c(C)n2-c2ccc3nn(C)cc3c2)cc1F. The lowest BCUT2D eigenvalue weighted by atomic mass is 9.95. The lowest BCUT2D eigenvalue weighted by Gasteiger charge is -2.22. The first kappa shape index (κ1) is 21.8. The number of hydrogen-bond donors (Lipinski definition) is 1. The molecular weight excluding hydrogens is 431 g/mol. The minimum Gasteiger partial charge on any atom is -0.348 e. The van der Waals surface area contributed by atoms with Crippen molar-refractivity contribution >= 4 is 22.5 Å². The fourth-order valence-electron chi connectivity index (χ4n) is 4.74. The maximum Gasteiger partial charge on any atom is 0.272 e. The molecule has 0 aliphatic heterocycles. The number of aromatic nitrogens is 4. The Kier molecular flexibility index (Phi) is 5.62. The Balaban J connectivity index is 1.63. The van der Waals surface area contributed by atoms with Gasteiger partial charge in [-0.05, 0) is 44.0 Å². The van der Waals surface area contributed by atoms with Crippen LogP contribution in [0, 0.1) is 19.3 Å². The van der Waals surface area contributed by atoms with Crippen molar-refractivity contribution in [2.75, 3.05) is 0 Å². The molecule has 4 aromatic rings. The molecule has 2 heterocycles. The first-order chi connectivity index (χ1) is 16.4. The standard InChI is InChI=1S/C26H25FN6O/c1-16-24(26(34)29-19-7-5-4-6-8-19)30-25(17-9-11-23(28-2)21(27)14-17)33(16)20-10-12-22-18(13-20)15-32(3)31-22/h9-15,19H,4-8H2,1,3H3,(H,29,34). The van der Waals surface area contributed by atoms with Crippen LogP contribution in [0.25, 0.3) is 32.8 Å². The van der Waals surface area contributed by atoms with Crippen molar-refractivity contribution in [1.29, 1.82) is 0 Å². The highest BCUT2D eigenvalue weighted by molar-refractivity contribution is 5.95. The summed E-state index contributed by atoms with van der Waals surface area (Å²) >= 11 is 0. The second kappa shape index (κ2) is 8.75. The second-order valence-corrected chi connectivity index (χ2v) is 8.84. The van der Waals surface area contributed by atoms with Gasteiger partial charge in [0, 0.05) is 35.9 Å². The number of aryl methyl sites for hydroxylation is 1. The molecule has 0 unspecified atom stereocenters. The molecule has 1 amide bonds. The smallest absolute Gasteiger partial charge is 0.272 e. The highest BCUT2D eigenvalue weighted by atomic mass is 19.1. The van der Waals surface area contributed by atoms with E-state index in [4.69, 9.17) is 6.57 Å². The van der Waals surface area contributed by atoms with Gasteiger partial charge in [-0.25, -0.2) is 14.2 Å². The molecule has 1 aliphatic rings. The number of amides is 1. The van der Waals surface area contributed by atoms with E-state index in [1.807, 2.05) is 42.9 Å². The Morgan fingerprint density at radius 3 is 2.71 bits per heavy atom. The number of nitrogens with one attached hydrogen (secondary N) is 1. The topological polar surface area (TPSA) is 69.1 Å². The normalized spacial score (nSPS) is 14.3. The number of carbonyl (C=O) groups excluding carboxylic acids is 1. The van der Waals surface area contributed by atoms with Crippen LogP contribution in [0.5, 0.6) is 0 Å². The number of fused-ring (bicyclic) bond motifs is 1. The van der Waals surface area contributed by atoms with Crippen LogP contribution in [0.15, 0.2) is 42.6 Å². The highest BCUT2D eigenvalue weighted by Crippen LogP contribution is 2.31. The van der Waals surface area contributed by atoms with Gasteiger partial charge in [0.15, 0.2) is 0 Å². The molecule has 34 heavy (non-hydrogen) atoms. The summed E-state index contributed by atoms with van der Waals surface area (Å²) in [7, 11) is 1.86. The first-order valence-corrected chi connectivity index (χ1v) is 11.5. The summed E-state index contributed by atoms with van der Waals surface area (Å²) in [5.41, 5.74) is 3.09. The molecule has 0 atom stereocenters. The average Bonchev–Trinajstić information content (AvgIpc) is 3.37. The third-order valence-electron chi connectivity index (χ3n) is 6.45. The van der Waals surface area contributed by atoms with E-state index in [0.717, 1.165) is 42.3 Å². The quantitative estimate of drug-likeness (QED) is 0.413. The molecule has 7 nitrogen and oxygen atoms in total. The number of rotatable bonds is 4. The summed E-state index contributed by atoms with van der Waals surface area (Å²) in [6.45, 7) is 8.99. The maximum atomic E-state index is 14.5. The largest absolute Gasteiger partial charge is 0.348 e. The maximum absolute atomic E-state index is 14.5. The Labute approximate surface area is 197 Å². The molecule has 1 saturated carbocycles. The van der Waals surface area contributed by atoms with Gasteiger partial charge in [0.2, 0.25) is 5.69 Å². The monoisotopic (exact) mass is 456 g/mol.